The molecule has 108 valence electrons. The smallest absolute Gasteiger partial charge is 0.244 e. The maximum Gasteiger partial charge on any atom is 0.244 e. The van der Waals surface area contributed by atoms with Crippen LogP contribution in [0.15, 0.2) is 59.1 Å². The molecule has 0 aliphatic carbocycles. The first-order valence-electron chi connectivity index (χ1n) is 6.60. The summed E-state index contributed by atoms with van der Waals surface area (Å²) in [7, 11) is 0. The Hall–Kier alpha value is -1.94. The van der Waals surface area contributed by atoms with Gasteiger partial charge >= 0.3 is 0 Å². The molecule has 4 heteroatoms. The molecule has 0 atom stereocenters. The summed E-state index contributed by atoms with van der Waals surface area (Å²) in [5.74, 6) is -0.423. The van der Waals surface area contributed by atoms with Gasteiger partial charge in [0.1, 0.15) is 5.82 Å². The van der Waals surface area contributed by atoms with E-state index in [2.05, 4.69) is 21.2 Å². The van der Waals surface area contributed by atoms with E-state index in [1.807, 2.05) is 30.3 Å². The average Bonchev–Trinajstić information content (AvgIpc) is 2.50. The Morgan fingerprint density at radius 1 is 1.19 bits per heavy atom. The predicted octanol–water partition coefficient (Wildman–Crippen LogP) is 3.96. The molecule has 2 aromatic rings. The van der Waals surface area contributed by atoms with E-state index in [9.17, 15) is 9.18 Å². The molecule has 0 aromatic heterocycles. The van der Waals surface area contributed by atoms with Gasteiger partial charge in [-0.05, 0) is 51.7 Å². The maximum absolute atomic E-state index is 13.1. The van der Waals surface area contributed by atoms with Crippen LogP contribution in [0.1, 0.15) is 11.1 Å². The quantitative estimate of drug-likeness (QED) is 0.815. The van der Waals surface area contributed by atoms with Crippen LogP contribution in [0.5, 0.6) is 0 Å². The molecule has 2 rings (SSSR count). The summed E-state index contributed by atoms with van der Waals surface area (Å²) in [6, 6.07) is 14.5. The number of nitrogens with one attached hydrogen (secondary N) is 1. The van der Waals surface area contributed by atoms with Crippen molar-refractivity contribution in [2.75, 3.05) is 6.54 Å². The molecule has 1 amide bonds. The average molecular weight is 348 g/mol. The summed E-state index contributed by atoms with van der Waals surface area (Å²) in [5, 5.41) is 2.80. The zero-order valence-electron chi connectivity index (χ0n) is 11.4. The molecular weight excluding hydrogens is 333 g/mol. The standard InChI is InChI=1S/C17H15BrFNO/c18-15-12-14(6-8-16(15)19)10-11-20-17(21)9-7-13-4-2-1-3-5-13/h1-9,12H,10-11H2,(H,20,21)/b9-7+. The molecule has 21 heavy (non-hydrogen) atoms. The highest BCUT2D eigenvalue weighted by atomic mass is 79.9. The van der Waals surface area contributed by atoms with Gasteiger partial charge < -0.3 is 5.32 Å². The Balaban J connectivity index is 1.79. The van der Waals surface area contributed by atoms with E-state index in [4.69, 9.17) is 0 Å². The van der Waals surface area contributed by atoms with Crippen molar-refractivity contribution in [3.63, 3.8) is 0 Å². The first kappa shape index (κ1) is 15.4. The Kier molecular flexibility index (Phi) is 5.69. The van der Waals surface area contributed by atoms with Crippen LogP contribution in [0.25, 0.3) is 6.08 Å². The number of halogens is 2. The molecule has 0 aliphatic rings. The highest BCUT2D eigenvalue weighted by Gasteiger charge is 2.01. The lowest BCUT2D eigenvalue weighted by Crippen LogP contribution is -2.23. The first-order chi connectivity index (χ1) is 10.1. The normalized spacial score (nSPS) is 10.8. The van der Waals surface area contributed by atoms with Crippen LogP contribution in [0.3, 0.4) is 0 Å². The summed E-state index contributed by atoms with van der Waals surface area (Å²) in [4.78, 5) is 11.7. The molecule has 0 saturated heterocycles. The van der Waals surface area contributed by atoms with Crippen LogP contribution < -0.4 is 5.32 Å². The van der Waals surface area contributed by atoms with E-state index in [0.717, 1.165) is 11.1 Å². The second-order valence-corrected chi connectivity index (χ2v) is 5.39. The number of hydrogen-bond donors (Lipinski definition) is 1. The Labute approximate surface area is 131 Å². The van der Waals surface area contributed by atoms with Gasteiger partial charge in [0, 0.05) is 12.6 Å². The number of benzene rings is 2. The molecule has 0 aliphatic heterocycles. The van der Waals surface area contributed by atoms with E-state index in [0.29, 0.717) is 17.4 Å². The minimum atomic E-state index is -0.284. The van der Waals surface area contributed by atoms with Crippen LogP contribution in [-0.2, 0) is 11.2 Å². The van der Waals surface area contributed by atoms with Crippen molar-refractivity contribution in [2.24, 2.45) is 0 Å². The van der Waals surface area contributed by atoms with Crippen molar-refractivity contribution >= 4 is 27.9 Å². The van der Waals surface area contributed by atoms with Crippen LogP contribution in [0, 0.1) is 5.82 Å². The third kappa shape index (κ3) is 5.16. The van der Waals surface area contributed by atoms with Crippen molar-refractivity contribution in [2.45, 2.75) is 6.42 Å². The molecule has 2 aromatic carbocycles. The van der Waals surface area contributed by atoms with Gasteiger partial charge in [0.05, 0.1) is 4.47 Å². The molecule has 0 spiro atoms. The molecule has 0 bridgehead atoms. The predicted molar refractivity (Wildman–Crippen MR) is 86.3 cm³/mol. The minimum absolute atomic E-state index is 0.139. The lowest BCUT2D eigenvalue weighted by Gasteiger charge is -2.04. The molecule has 0 radical (unpaired) electrons. The Morgan fingerprint density at radius 2 is 1.95 bits per heavy atom. The van der Waals surface area contributed by atoms with E-state index < -0.39 is 0 Å². The fourth-order valence-corrected chi connectivity index (χ4v) is 2.25. The lowest BCUT2D eigenvalue weighted by molar-refractivity contribution is -0.116. The largest absolute Gasteiger partial charge is 0.352 e. The third-order valence-corrected chi connectivity index (χ3v) is 3.53. The zero-order valence-corrected chi connectivity index (χ0v) is 12.9. The van der Waals surface area contributed by atoms with Gasteiger partial charge in [0.2, 0.25) is 5.91 Å². The van der Waals surface area contributed by atoms with Crippen molar-refractivity contribution in [1.29, 1.82) is 0 Å². The van der Waals surface area contributed by atoms with E-state index in [1.165, 1.54) is 12.1 Å². The van der Waals surface area contributed by atoms with Gasteiger partial charge in [-0.1, -0.05) is 36.4 Å². The van der Waals surface area contributed by atoms with E-state index in [-0.39, 0.29) is 11.7 Å². The Bertz CT molecular complexity index is 640. The van der Waals surface area contributed by atoms with Crippen molar-refractivity contribution in [3.05, 3.63) is 76.0 Å². The monoisotopic (exact) mass is 347 g/mol. The molecule has 0 unspecified atom stereocenters. The topological polar surface area (TPSA) is 29.1 Å². The van der Waals surface area contributed by atoms with Crippen LogP contribution in [0.4, 0.5) is 4.39 Å². The van der Waals surface area contributed by atoms with Crippen LogP contribution in [-0.4, -0.2) is 12.5 Å². The summed E-state index contributed by atoms with van der Waals surface area (Å²) >= 11 is 3.14. The number of hydrogen-bond acceptors (Lipinski definition) is 1. The number of amides is 1. The molecule has 0 saturated carbocycles. The fourth-order valence-electron chi connectivity index (χ4n) is 1.82. The maximum atomic E-state index is 13.1. The number of carbonyl (C=O) groups excluding carboxylic acids is 1. The lowest BCUT2D eigenvalue weighted by atomic mass is 10.1. The molecule has 1 N–H and O–H groups in total. The fraction of sp³-hybridized carbons (Fsp3) is 0.118. The van der Waals surface area contributed by atoms with Gasteiger partial charge in [0.15, 0.2) is 0 Å². The third-order valence-electron chi connectivity index (χ3n) is 2.92. The molecule has 2 nitrogen and oxygen atoms in total. The van der Waals surface area contributed by atoms with Crippen molar-refractivity contribution in [3.8, 4) is 0 Å². The van der Waals surface area contributed by atoms with Gasteiger partial charge in [-0.2, -0.15) is 0 Å². The van der Waals surface area contributed by atoms with Gasteiger partial charge in [-0.15, -0.1) is 0 Å². The van der Waals surface area contributed by atoms with Crippen LogP contribution in [0.2, 0.25) is 0 Å². The van der Waals surface area contributed by atoms with Crippen molar-refractivity contribution in [1.82, 2.24) is 5.32 Å². The van der Waals surface area contributed by atoms with E-state index >= 15 is 0 Å². The second-order valence-electron chi connectivity index (χ2n) is 4.53. The zero-order chi connectivity index (χ0) is 15.1. The molecule has 0 heterocycles. The molecule has 0 fully saturated rings. The number of rotatable bonds is 5. The van der Waals surface area contributed by atoms with E-state index in [1.54, 1.807) is 18.2 Å². The SMILES string of the molecule is O=C(/C=C/c1ccccc1)NCCc1ccc(F)c(Br)c1. The highest BCUT2D eigenvalue weighted by Crippen LogP contribution is 2.16. The summed E-state index contributed by atoms with van der Waals surface area (Å²) in [6.07, 6.45) is 3.93. The minimum Gasteiger partial charge on any atom is -0.352 e. The Morgan fingerprint density at radius 3 is 2.67 bits per heavy atom. The van der Waals surface area contributed by atoms with Gasteiger partial charge in [-0.25, -0.2) is 4.39 Å². The van der Waals surface area contributed by atoms with Crippen molar-refractivity contribution < 1.29 is 9.18 Å². The number of carbonyl (C=O) groups is 1. The summed E-state index contributed by atoms with van der Waals surface area (Å²) in [5.41, 5.74) is 1.95. The van der Waals surface area contributed by atoms with Crippen LogP contribution >= 0.6 is 15.9 Å². The van der Waals surface area contributed by atoms with Gasteiger partial charge in [-0.3, -0.25) is 4.79 Å². The first-order valence-corrected chi connectivity index (χ1v) is 7.39. The summed E-state index contributed by atoms with van der Waals surface area (Å²) < 4.78 is 13.5. The highest BCUT2D eigenvalue weighted by molar-refractivity contribution is 9.10. The molecular formula is C17H15BrFNO. The second kappa shape index (κ2) is 7.74. The summed E-state index contributed by atoms with van der Waals surface area (Å²) in [6.45, 7) is 0.510. The van der Waals surface area contributed by atoms with Gasteiger partial charge in [0.25, 0.3) is 0 Å².